The molecular weight excluding hydrogens is 627 g/mol. The fourth-order valence-electron chi connectivity index (χ4n) is 3.99. The third-order valence-electron chi connectivity index (χ3n) is 5.76. The highest BCUT2D eigenvalue weighted by atomic mass is 79.9. The van der Waals surface area contributed by atoms with Crippen LogP contribution in [0.3, 0.4) is 0 Å². The zero-order valence-corrected chi connectivity index (χ0v) is 25.5. The molecule has 12 heteroatoms. The highest BCUT2D eigenvalue weighted by Crippen LogP contribution is 2.43. The number of rotatable bonds is 11. The van der Waals surface area contributed by atoms with Crippen LogP contribution in [0.15, 0.2) is 63.9 Å². The number of halogens is 3. The molecule has 2 aromatic carbocycles. The summed E-state index contributed by atoms with van der Waals surface area (Å²) in [6, 6.07) is 8.39. The second-order valence-corrected chi connectivity index (χ2v) is 11.3. The number of anilines is 1. The van der Waals surface area contributed by atoms with E-state index in [2.05, 4.69) is 39.7 Å². The van der Waals surface area contributed by atoms with E-state index in [-0.39, 0.29) is 13.2 Å². The molecule has 1 unspecified atom stereocenters. The van der Waals surface area contributed by atoms with Gasteiger partial charge in [0.25, 0.3) is 0 Å². The van der Waals surface area contributed by atoms with Crippen LogP contribution in [0.25, 0.3) is 0 Å². The lowest BCUT2D eigenvalue weighted by Gasteiger charge is -2.28. The quantitative estimate of drug-likeness (QED) is 0.130. The van der Waals surface area contributed by atoms with Crippen molar-refractivity contribution in [2.75, 3.05) is 24.8 Å². The predicted molar refractivity (Wildman–Crippen MR) is 158 cm³/mol. The number of carbonyl (C=O) groups excluding carboxylic acids is 1. The number of thioether (sulfide) groups is 1. The van der Waals surface area contributed by atoms with Gasteiger partial charge < -0.3 is 19.5 Å². The summed E-state index contributed by atoms with van der Waals surface area (Å²) in [5.74, 6) is 1.89. The van der Waals surface area contributed by atoms with Gasteiger partial charge in [-0.3, -0.25) is 0 Å². The van der Waals surface area contributed by atoms with E-state index < -0.39 is 12.0 Å². The summed E-state index contributed by atoms with van der Waals surface area (Å²) in [6.07, 6.45) is 2.51. The first-order valence-corrected chi connectivity index (χ1v) is 14.6. The first-order chi connectivity index (χ1) is 18.8. The summed E-state index contributed by atoms with van der Waals surface area (Å²) >= 11 is 17.4. The molecule has 0 saturated carbocycles. The maximum atomic E-state index is 13.2. The average Bonchev–Trinajstić information content (AvgIpc) is 3.32. The summed E-state index contributed by atoms with van der Waals surface area (Å²) in [7, 11) is 1.56. The summed E-state index contributed by atoms with van der Waals surface area (Å²) in [5, 5.41) is 9.47. The number of fused-ring (bicyclic) bond motifs is 1. The number of allylic oxidation sites excluding steroid dienone is 1. The molecule has 0 bridgehead atoms. The van der Waals surface area contributed by atoms with E-state index in [1.807, 2.05) is 25.1 Å². The van der Waals surface area contributed by atoms with E-state index in [1.54, 1.807) is 35.7 Å². The van der Waals surface area contributed by atoms with Gasteiger partial charge in [-0.15, -0.1) is 5.10 Å². The minimum absolute atomic E-state index is 0.0820. The van der Waals surface area contributed by atoms with Gasteiger partial charge in [0.2, 0.25) is 11.1 Å². The van der Waals surface area contributed by atoms with Crippen LogP contribution in [0.4, 0.5) is 5.95 Å². The molecule has 4 rings (SSSR count). The lowest BCUT2D eigenvalue weighted by molar-refractivity contribution is -0.138. The normalized spacial score (nSPS) is 14.5. The van der Waals surface area contributed by atoms with E-state index in [0.717, 1.165) is 23.3 Å². The van der Waals surface area contributed by atoms with Gasteiger partial charge in [-0.2, -0.15) is 4.98 Å². The zero-order chi connectivity index (χ0) is 28.1. The molecule has 1 N–H and O–H groups in total. The van der Waals surface area contributed by atoms with Crippen molar-refractivity contribution < 1.29 is 19.0 Å². The van der Waals surface area contributed by atoms with Crippen LogP contribution in [0, 0.1) is 0 Å². The molecule has 1 aromatic heterocycles. The minimum Gasteiger partial charge on any atom is -0.493 e. The molecule has 39 heavy (non-hydrogen) atoms. The van der Waals surface area contributed by atoms with E-state index in [0.29, 0.717) is 48.4 Å². The minimum atomic E-state index is -0.628. The molecule has 8 nitrogen and oxygen atoms in total. The Morgan fingerprint density at radius 2 is 2.08 bits per heavy atom. The Morgan fingerprint density at radius 1 is 1.28 bits per heavy atom. The van der Waals surface area contributed by atoms with Crippen LogP contribution in [0.2, 0.25) is 10.0 Å². The highest BCUT2D eigenvalue weighted by Gasteiger charge is 2.36. The molecule has 206 valence electrons. The van der Waals surface area contributed by atoms with Crippen molar-refractivity contribution in [3.8, 4) is 11.5 Å². The van der Waals surface area contributed by atoms with Crippen molar-refractivity contribution in [1.29, 1.82) is 0 Å². The average molecular weight is 654 g/mol. The van der Waals surface area contributed by atoms with Crippen molar-refractivity contribution in [2.45, 2.75) is 38.1 Å². The molecule has 1 aliphatic heterocycles. The summed E-state index contributed by atoms with van der Waals surface area (Å²) in [4.78, 5) is 17.9. The number of aromatic nitrogens is 3. The van der Waals surface area contributed by atoms with Crippen LogP contribution in [-0.2, 0) is 16.1 Å². The maximum absolute atomic E-state index is 13.2. The van der Waals surface area contributed by atoms with Crippen LogP contribution in [0.5, 0.6) is 11.5 Å². The fraction of sp³-hybridized carbons (Fsp3) is 0.296. The van der Waals surface area contributed by atoms with Gasteiger partial charge in [-0.1, -0.05) is 60.6 Å². The van der Waals surface area contributed by atoms with E-state index in [1.165, 1.54) is 6.08 Å². The van der Waals surface area contributed by atoms with E-state index in [9.17, 15) is 4.79 Å². The first-order valence-electron chi connectivity index (χ1n) is 12.1. The Bertz CT molecular complexity index is 1430. The maximum Gasteiger partial charge on any atom is 0.338 e. The summed E-state index contributed by atoms with van der Waals surface area (Å²) < 4.78 is 19.6. The number of nitrogens with one attached hydrogen (secondary N) is 1. The van der Waals surface area contributed by atoms with Crippen molar-refractivity contribution in [3.05, 3.63) is 79.9 Å². The number of hydrogen-bond donors (Lipinski definition) is 1. The number of methoxy groups -OCH3 is 1. The molecule has 0 aliphatic carbocycles. The van der Waals surface area contributed by atoms with Crippen LogP contribution in [-0.4, -0.2) is 40.2 Å². The monoisotopic (exact) mass is 652 g/mol. The third kappa shape index (κ3) is 6.57. The molecule has 0 radical (unpaired) electrons. The number of carbonyl (C=O) groups is 1. The Morgan fingerprint density at radius 3 is 2.77 bits per heavy atom. The summed E-state index contributed by atoms with van der Waals surface area (Å²) in [5.41, 5.74) is 2.59. The lowest BCUT2D eigenvalue weighted by Crippen LogP contribution is -2.29. The molecule has 0 spiro atoms. The van der Waals surface area contributed by atoms with Crippen molar-refractivity contribution in [2.24, 2.45) is 0 Å². The number of ether oxygens (including phenoxy) is 3. The third-order valence-corrected chi connectivity index (χ3v) is 8.13. The van der Waals surface area contributed by atoms with Crippen molar-refractivity contribution >= 4 is 62.8 Å². The second kappa shape index (κ2) is 13.1. The van der Waals surface area contributed by atoms with Gasteiger partial charge in [0.1, 0.15) is 19.3 Å². The SMILES string of the molecule is C=CCOC(=O)C1=C(C)Nc2nc(SCCC)nn2C1c1cc(Br)c(OCc2ccc(Cl)c(Cl)c2)c(OC)c1. The lowest BCUT2D eigenvalue weighted by atomic mass is 9.95. The molecule has 0 amide bonds. The number of esters is 1. The molecule has 0 saturated heterocycles. The molecular formula is C27H27BrCl2N4O4S. The van der Waals surface area contributed by atoms with E-state index in [4.69, 9.17) is 42.5 Å². The standard InChI is InChI=1S/C27H27BrCl2N4O4S/c1-5-9-37-25(35)22-15(3)31-26-32-27(39-10-6-2)33-34(26)23(22)17-12-18(28)24(21(13-17)36-4)38-14-16-7-8-19(29)20(30)11-16/h5,7-8,11-13,23H,1,6,9-10,14H2,2-4H3,(H,31,32,33). The number of nitrogens with zero attached hydrogens (tertiary/aromatic N) is 3. The molecule has 2 heterocycles. The van der Waals surface area contributed by atoms with Gasteiger partial charge in [0, 0.05) is 11.4 Å². The van der Waals surface area contributed by atoms with Gasteiger partial charge in [-0.25, -0.2) is 9.48 Å². The van der Waals surface area contributed by atoms with Crippen LogP contribution >= 0.6 is 50.9 Å². The van der Waals surface area contributed by atoms with Gasteiger partial charge in [0.05, 0.1) is 27.2 Å². The molecule has 0 fully saturated rings. The largest absolute Gasteiger partial charge is 0.493 e. The Balaban J connectivity index is 1.74. The molecule has 3 aromatic rings. The number of hydrogen-bond acceptors (Lipinski definition) is 8. The molecule has 1 aliphatic rings. The molecule has 1 atom stereocenters. The van der Waals surface area contributed by atoms with Crippen LogP contribution < -0.4 is 14.8 Å². The van der Waals surface area contributed by atoms with Crippen LogP contribution in [0.1, 0.15) is 37.4 Å². The van der Waals surface area contributed by atoms with Gasteiger partial charge in [0.15, 0.2) is 11.5 Å². The predicted octanol–water partition coefficient (Wildman–Crippen LogP) is 7.46. The second-order valence-electron chi connectivity index (χ2n) is 8.54. The zero-order valence-electron chi connectivity index (χ0n) is 21.6. The van der Waals surface area contributed by atoms with E-state index >= 15 is 0 Å². The van der Waals surface area contributed by atoms with Crippen molar-refractivity contribution in [3.63, 3.8) is 0 Å². The van der Waals surface area contributed by atoms with Crippen molar-refractivity contribution in [1.82, 2.24) is 14.8 Å². The topological polar surface area (TPSA) is 87.5 Å². The first kappa shape index (κ1) is 29.3. The highest BCUT2D eigenvalue weighted by molar-refractivity contribution is 9.10. The number of benzene rings is 2. The Labute approximate surface area is 249 Å². The Hall–Kier alpha value is -2.66. The van der Waals surface area contributed by atoms with Gasteiger partial charge in [-0.05, 0) is 64.7 Å². The van der Waals surface area contributed by atoms with Gasteiger partial charge >= 0.3 is 5.97 Å². The Kier molecular flexibility index (Phi) is 9.87. The smallest absolute Gasteiger partial charge is 0.338 e. The fourth-order valence-corrected chi connectivity index (χ4v) is 5.57. The summed E-state index contributed by atoms with van der Waals surface area (Å²) in [6.45, 7) is 7.88.